The largest absolute Gasteiger partial charge is 0.468 e. The average molecular weight is 416 g/mol. The van der Waals surface area contributed by atoms with Gasteiger partial charge in [-0.1, -0.05) is 23.8 Å². The van der Waals surface area contributed by atoms with E-state index in [-0.39, 0.29) is 11.4 Å². The van der Waals surface area contributed by atoms with Crippen molar-refractivity contribution in [2.75, 3.05) is 11.9 Å². The van der Waals surface area contributed by atoms with Crippen molar-refractivity contribution >= 4 is 21.6 Å². The Labute approximate surface area is 169 Å². The molecule has 3 rings (SSSR count). The van der Waals surface area contributed by atoms with Gasteiger partial charge in [-0.25, -0.2) is 12.8 Å². The summed E-state index contributed by atoms with van der Waals surface area (Å²) in [5.74, 6) is -0.679. The van der Waals surface area contributed by atoms with E-state index in [1.54, 1.807) is 31.2 Å². The Balaban J connectivity index is 1.86. The second-order valence-corrected chi connectivity index (χ2v) is 8.61. The van der Waals surface area contributed by atoms with Crippen molar-refractivity contribution < 1.29 is 22.0 Å². The monoisotopic (exact) mass is 416 g/mol. The molecule has 8 heteroatoms. The summed E-state index contributed by atoms with van der Waals surface area (Å²) in [6.07, 6.45) is 1.43. The van der Waals surface area contributed by atoms with Gasteiger partial charge in [-0.2, -0.15) is 4.31 Å². The summed E-state index contributed by atoms with van der Waals surface area (Å²) in [4.78, 5) is 12.7. The van der Waals surface area contributed by atoms with Gasteiger partial charge in [-0.05, 0) is 55.8 Å². The number of furan rings is 1. The maximum absolute atomic E-state index is 13.5. The lowest BCUT2D eigenvalue weighted by Gasteiger charge is -2.21. The molecule has 0 fully saturated rings. The number of rotatable bonds is 7. The Kier molecular flexibility index (Phi) is 6.14. The standard InChI is InChI=1S/C21H21FN2O4S/c1-15-5-9-19(10-6-15)29(26,27)24(13-18-4-3-11-28-18)14-21(25)23-20-12-17(22)8-7-16(20)2/h3-12H,13-14H2,1-2H3,(H,23,25). The molecule has 0 saturated heterocycles. The van der Waals surface area contributed by atoms with Crippen LogP contribution in [0.2, 0.25) is 0 Å². The maximum Gasteiger partial charge on any atom is 0.243 e. The fourth-order valence-electron chi connectivity index (χ4n) is 2.74. The topological polar surface area (TPSA) is 79.6 Å². The molecule has 0 aliphatic rings. The molecule has 152 valence electrons. The van der Waals surface area contributed by atoms with Crippen LogP contribution >= 0.6 is 0 Å². The molecule has 2 aromatic carbocycles. The molecule has 0 unspecified atom stereocenters. The van der Waals surface area contributed by atoms with Gasteiger partial charge in [0.15, 0.2) is 0 Å². The van der Waals surface area contributed by atoms with E-state index in [0.717, 1.165) is 9.87 Å². The molecule has 29 heavy (non-hydrogen) atoms. The Hall–Kier alpha value is -2.97. The second kappa shape index (κ2) is 8.59. The molecule has 0 bridgehead atoms. The van der Waals surface area contributed by atoms with E-state index in [0.29, 0.717) is 17.0 Å². The van der Waals surface area contributed by atoms with E-state index in [1.165, 1.54) is 36.6 Å². The van der Waals surface area contributed by atoms with Crippen LogP contribution < -0.4 is 5.32 Å². The molecule has 0 aliphatic carbocycles. The number of hydrogen-bond acceptors (Lipinski definition) is 4. The van der Waals surface area contributed by atoms with E-state index in [1.807, 2.05) is 6.92 Å². The number of aryl methyl sites for hydroxylation is 2. The molecule has 0 saturated carbocycles. The van der Waals surface area contributed by atoms with Crippen LogP contribution in [-0.2, 0) is 21.4 Å². The average Bonchev–Trinajstić information content (AvgIpc) is 3.18. The third-order valence-electron chi connectivity index (χ3n) is 4.36. The second-order valence-electron chi connectivity index (χ2n) is 6.67. The van der Waals surface area contributed by atoms with Gasteiger partial charge in [0.1, 0.15) is 11.6 Å². The van der Waals surface area contributed by atoms with E-state index in [4.69, 9.17) is 4.42 Å². The summed E-state index contributed by atoms with van der Waals surface area (Å²) < 4.78 is 46.0. The Morgan fingerprint density at radius 1 is 1.10 bits per heavy atom. The van der Waals surface area contributed by atoms with Crippen LogP contribution in [0.3, 0.4) is 0 Å². The summed E-state index contributed by atoms with van der Waals surface area (Å²) in [6, 6.07) is 13.7. The highest BCUT2D eigenvalue weighted by atomic mass is 32.2. The SMILES string of the molecule is Cc1ccc(S(=O)(=O)N(CC(=O)Nc2cc(F)ccc2C)Cc2ccco2)cc1. The van der Waals surface area contributed by atoms with E-state index in [2.05, 4.69) is 5.32 Å². The number of carbonyl (C=O) groups is 1. The zero-order chi connectivity index (χ0) is 21.0. The van der Waals surface area contributed by atoms with Crippen LogP contribution in [-0.4, -0.2) is 25.2 Å². The molecular formula is C21H21FN2O4S. The van der Waals surface area contributed by atoms with E-state index >= 15 is 0 Å². The van der Waals surface area contributed by atoms with Gasteiger partial charge in [-0.3, -0.25) is 4.79 Å². The number of nitrogens with zero attached hydrogens (tertiary/aromatic N) is 1. The zero-order valence-corrected chi connectivity index (χ0v) is 16.9. The summed E-state index contributed by atoms with van der Waals surface area (Å²) in [5.41, 5.74) is 1.88. The summed E-state index contributed by atoms with van der Waals surface area (Å²) in [7, 11) is -3.96. The van der Waals surface area contributed by atoms with Gasteiger partial charge < -0.3 is 9.73 Å². The lowest BCUT2D eigenvalue weighted by molar-refractivity contribution is -0.116. The molecule has 0 aliphatic heterocycles. The molecule has 0 spiro atoms. The lowest BCUT2D eigenvalue weighted by Crippen LogP contribution is -2.37. The number of hydrogen-bond donors (Lipinski definition) is 1. The first-order valence-electron chi connectivity index (χ1n) is 8.91. The predicted molar refractivity (Wildman–Crippen MR) is 107 cm³/mol. The Bertz CT molecular complexity index is 1090. The molecule has 1 aromatic heterocycles. The number of carbonyl (C=O) groups excluding carboxylic acids is 1. The van der Waals surface area contributed by atoms with Crippen molar-refractivity contribution in [3.63, 3.8) is 0 Å². The molecule has 3 aromatic rings. The molecular weight excluding hydrogens is 395 g/mol. The number of nitrogens with one attached hydrogen (secondary N) is 1. The number of anilines is 1. The molecule has 0 radical (unpaired) electrons. The van der Waals surface area contributed by atoms with Crippen LogP contribution in [0.1, 0.15) is 16.9 Å². The minimum Gasteiger partial charge on any atom is -0.468 e. The number of amides is 1. The minimum atomic E-state index is -3.96. The van der Waals surface area contributed by atoms with Crippen molar-refractivity contribution in [3.8, 4) is 0 Å². The molecule has 1 N–H and O–H groups in total. The van der Waals surface area contributed by atoms with E-state index in [9.17, 15) is 17.6 Å². The predicted octanol–water partition coefficient (Wildman–Crippen LogP) is 3.87. The zero-order valence-electron chi connectivity index (χ0n) is 16.1. The molecule has 6 nitrogen and oxygen atoms in total. The van der Waals surface area contributed by atoms with Gasteiger partial charge in [-0.15, -0.1) is 0 Å². The Morgan fingerprint density at radius 3 is 2.48 bits per heavy atom. The third kappa shape index (κ3) is 5.10. The summed E-state index contributed by atoms with van der Waals surface area (Å²) in [5, 5.41) is 2.58. The highest BCUT2D eigenvalue weighted by molar-refractivity contribution is 7.89. The summed E-state index contributed by atoms with van der Waals surface area (Å²) >= 11 is 0. The van der Waals surface area contributed by atoms with Crippen molar-refractivity contribution in [2.24, 2.45) is 0 Å². The first kappa shape index (κ1) is 20.8. The van der Waals surface area contributed by atoms with Gasteiger partial charge in [0, 0.05) is 5.69 Å². The number of sulfonamides is 1. The van der Waals surface area contributed by atoms with Crippen LogP contribution in [0.15, 0.2) is 70.2 Å². The van der Waals surface area contributed by atoms with Crippen molar-refractivity contribution in [3.05, 3.63) is 83.6 Å². The van der Waals surface area contributed by atoms with Crippen LogP contribution in [0.5, 0.6) is 0 Å². The third-order valence-corrected chi connectivity index (χ3v) is 6.17. The fraction of sp³-hybridized carbons (Fsp3) is 0.190. The maximum atomic E-state index is 13.5. The van der Waals surface area contributed by atoms with Gasteiger partial charge >= 0.3 is 0 Å². The highest BCUT2D eigenvalue weighted by Gasteiger charge is 2.28. The quantitative estimate of drug-likeness (QED) is 0.634. The van der Waals surface area contributed by atoms with Gasteiger partial charge in [0.05, 0.1) is 24.2 Å². The van der Waals surface area contributed by atoms with Crippen LogP contribution in [0.25, 0.3) is 0 Å². The van der Waals surface area contributed by atoms with Crippen molar-refractivity contribution in [1.29, 1.82) is 0 Å². The van der Waals surface area contributed by atoms with E-state index < -0.39 is 28.3 Å². The van der Waals surface area contributed by atoms with Crippen LogP contribution in [0, 0.1) is 19.7 Å². The smallest absolute Gasteiger partial charge is 0.243 e. The van der Waals surface area contributed by atoms with Crippen molar-refractivity contribution in [1.82, 2.24) is 4.31 Å². The first-order valence-corrected chi connectivity index (χ1v) is 10.3. The normalized spacial score (nSPS) is 11.6. The lowest BCUT2D eigenvalue weighted by atomic mass is 10.2. The fourth-order valence-corrected chi connectivity index (χ4v) is 4.10. The first-order chi connectivity index (χ1) is 13.8. The number of benzene rings is 2. The van der Waals surface area contributed by atoms with Crippen LogP contribution in [0.4, 0.5) is 10.1 Å². The summed E-state index contributed by atoms with van der Waals surface area (Å²) in [6.45, 7) is 3.01. The Morgan fingerprint density at radius 2 is 1.83 bits per heavy atom. The van der Waals surface area contributed by atoms with Crippen molar-refractivity contribution in [2.45, 2.75) is 25.3 Å². The highest BCUT2D eigenvalue weighted by Crippen LogP contribution is 2.20. The van der Waals surface area contributed by atoms with Gasteiger partial charge in [0.2, 0.25) is 15.9 Å². The van der Waals surface area contributed by atoms with Gasteiger partial charge in [0.25, 0.3) is 0 Å². The molecule has 0 atom stereocenters. The molecule has 1 amide bonds. The number of halogens is 1. The minimum absolute atomic E-state index is 0.0735. The molecule has 1 heterocycles.